The smallest absolute Gasteiger partial charge is 0.142 e. The van der Waals surface area contributed by atoms with Gasteiger partial charge in [0.2, 0.25) is 0 Å². The molecule has 0 fully saturated rings. The third-order valence-corrected chi connectivity index (χ3v) is 3.08. The molecule has 5 heteroatoms. The van der Waals surface area contributed by atoms with Crippen LogP contribution in [-0.2, 0) is 11.3 Å². The topological polar surface area (TPSA) is 21.3 Å². The summed E-state index contributed by atoms with van der Waals surface area (Å²) >= 11 is 11.5. The maximum absolute atomic E-state index is 13.2. The van der Waals surface area contributed by atoms with Crippen LogP contribution in [-0.4, -0.2) is 25.6 Å². The van der Waals surface area contributed by atoms with Gasteiger partial charge in [-0.05, 0) is 18.1 Å². The molecule has 1 rings (SSSR count). The normalized spacial score (nSPS) is 12.7. The summed E-state index contributed by atoms with van der Waals surface area (Å²) in [6, 6.07) is 4.93. The number of nitrogens with one attached hydrogen (secondary N) is 1. The summed E-state index contributed by atoms with van der Waals surface area (Å²) in [5.74, 6) is 0.157. The van der Waals surface area contributed by atoms with Crippen LogP contribution in [0.2, 0.25) is 5.02 Å². The maximum Gasteiger partial charge on any atom is 0.142 e. The minimum absolute atomic E-state index is 0.150. The summed E-state index contributed by atoms with van der Waals surface area (Å²) in [4.78, 5) is 0. The van der Waals surface area contributed by atoms with E-state index in [1.807, 2.05) is 0 Å². The third kappa shape index (κ3) is 4.80. The molecule has 0 radical (unpaired) electrons. The van der Waals surface area contributed by atoms with E-state index in [2.05, 4.69) is 5.32 Å². The van der Waals surface area contributed by atoms with E-state index in [9.17, 15) is 4.39 Å². The lowest BCUT2D eigenvalue weighted by molar-refractivity contribution is 0.164. The number of halogens is 3. The van der Waals surface area contributed by atoms with Crippen LogP contribution in [0.15, 0.2) is 18.2 Å². The van der Waals surface area contributed by atoms with E-state index in [0.29, 0.717) is 19.0 Å². The van der Waals surface area contributed by atoms with Gasteiger partial charge in [0.1, 0.15) is 5.82 Å². The minimum Gasteiger partial charge on any atom is -0.383 e. The summed E-state index contributed by atoms with van der Waals surface area (Å²) in [6.07, 6.45) is 0.794. The van der Waals surface area contributed by atoms with Crippen molar-refractivity contribution >= 4 is 23.2 Å². The van der Waals surface area contributed by atoms with Crippen LogP contribution in [0.5, 0.6) is 0 Å². The van der Waals surface area contributed by atoms with Gasteiger partial charge in [0.15, 0.2) is 0 Å². The van der Waals surface area contributed by atoms with Crippen molar-refractivity contribution in [1.82, 2.24) is 5.32 Å². The average Bonchev–Trinajstić information content (AvgIpc) is 2.31. The van der Waals surface area contributed by atoms with Crippen LogP contribution in [0.1, 0.15) is 12.0 Å². The standard InChI is InChI=1S/C12H16Cl2FNO/c1-17-8-10(5-6-13)16-7-9-3-2-4-11(15)12(9)14/h2-4,10,16H,5-8H2,1H3. The van der Waals surface area contributed by atoms with E-state index in [-0.39, 0.29) is 11.1 Å². The molecule has 0 saturated carbocycles. The van der Waals surface area contributed by atoms with Gasteiger partial charge in [-0.15, -0.1) is 11.6 Å². The van der Waals surface area contributed by atoms with Gasteiger partial charge in [0.25, 0.3) is 0 Å². The van der Waals surface area contributed by atoms with Crippen LogP contribution in [0.4, 0.5) is 4.39 Å². The van der Waals surface area contributed by atoms with Crippen molar-refractivity contribution in [3.8, 4) is 0 Å². The van der Waals surface area contributed by atoms with E-state index in [4.69, 9.17) is 27.9 Å². The van der Waals surface area contributed by atoms with E-state index >= 15 is 0 Å². The van der Waals surface area contributed by atoms with E-state index in [1.165, 1.54) is 6.07 Å². The monoisotopic (exact) mass is 279 g/mol. The molecule has 2 nitrogen and oxygen atoms in total. The minimum atomic E-state index is -0.397. The highest BCUT2D eigenvalue weighted by Crippen LogP contribution is 2.19. The fraction of sp³-hybridized carbons (Fsp3) is 0.500. The molecular weight excluding hydrogens is 264 g/mol. The van der Waals surface area contributed by atoms with Crippen LogP contribution in [0.25, 0.3) is 0 Å². The van der Waals surface area contributed by atoms with Gasteiger partial charge in [-0.2, -0.15) is 0 Å². The molecule has 1 unspecified atom stereocenters. The molecule has 0 aromatic heterocycles. The van der Waals surface area contributed by atoms with Crippen molar-refractivity contribution in [3.05, 3.63) is 34.6 Å². The number of ether oxygens (including phenoxy) is 1. The van der Waals surface area contributed by atoms with Crippen molar-refractivity contribution in [1.29, 1.82) is 0 Å². The summed E-state index contributed by atoms with van der Waals surface area (Å²) in [5, 5.41) is 3.41. The Hall–Kier alpha value is -0.350. The first kappa shape index (κ1) is 14.7. The Morgan fingerprint density at radius 2 is 2.24 bits per heavy atom. The zero-order valence-corrected chi connectivity index (χ0v) is 11.2. The molecule has 0 bridgehead atoms. The molecule has 1 aromatic carbocycles. The molecule has 0 amide bonds. The largest absolute Gasteiger partial charge is 0.383 e. The van der Waals surface area contributed by atoms with Crippen molar-refractivity contribution in [3.63, 3.8) is 0 Å². The predicted molar refractivity (Wildman–Crippen MR) is 69.3 cm³/mol. The number of hydrogen-bond acceptors (Lipinski definition) is 2. The Balaban J connectivity index is 2.55. The highest BCUT2D eigenvalue weighted by molar-refractivity contribution is 6.31. The first-order valence-electron chi connectivity index (χ1n) is 5.40. The molecule has 0 heterocycles. The van der Waals surface area contributed by atoms with Gasteiger partial charge in [-0.25, -0.2) is 4.39 Å². The van der Waals surface area contributed by atoms with Crippen LogP contribution >= 0.6 is 23.2 Å². The van der Waals surface area contributed by atoms with Crippen molar-refractivity contribution in [2.45, 2.75) is 19.0 Å². The zero-order chi connectivity index (χ0) is 12.7. The van der Waals surface area contributed by atoms with Crippen LogP contribution < -0.4 is 5.32 Å². The van der Waals surface area contributed by atoms with Gasteiger partial charge in [0, 0.05) is 25.6 Å². The molecule has 0 saturated heterocycles. The van der Waals surface area contributed by atoms with Crippen molar-refractivity contribution < 1.29 is 9.13 Å². The van der Waals surface area contributed by atoms with Gasteiger partial charge in [-0.3, -0.25) is 0 Å². The van der Waals surface area contributed by atoms with Crippen LogP contribution in [0.3, 0.4) is 0 Å². The van der Waals surface area contributed by atoms with Gasteiger partial charge >= 0.3 is 0 Å². The molecule has 1 aromatic rings. The fourth-order valence-electron chi connectivity index (χ4n) is 1.52. The maximum atomic E-state index is 13.2. The van der Waals surface area contributed by atoms with Gasteiger partial charge in [-0.1, -0.05) is 23.7 Å². The van der Waals surface area contributed by atoms with Gasteiger partial charge in [0.05, 0.1) is 11.6 Å². The lowest BCUT2D eigenvalue weighted by Crippen LogP contribution is -2.33. The second-order valence-electron chi connectivity index (χ2n) is 3.72. The quantitative estimate of drug-likeness (QED) is 0.774. The second-order valence-corrected chi connectivity index (χ2v) is 4.48. The predicted octanol–water partition coefficient (Wildman–Crippen LogP) is 3.21. The fourth-order valence-corrected chi connectivity index (χ4v) is 1.97. The molecule has 0 aliphatic carbocycles. The summed E-state index contributed by atoms with van der Waals surface area (Å²) in [5.41, 5.74) is 0.738. The Morgan fingerprint density at radius 1 is 1.47 bits per heavy atom. The molecule has 1 atom stereocenters. The molecule has 0 aliphatic heterocycles. The highest BCUT2D eigenvalue weighted by atomic mass is 35.5. The lowest BCUT2D eigenvalue weighted by atomic mass is 10.2. The Labute approximate surface area is 111 Å². The van der Waals surface area contributed by atoms with E-state index in [0.717, 1.165) is 12.0 Å². The Morgan fingerprint density at radius 3 is 2.88 bits per heavy atom. The summed E-state index contributed by atoms with van der Waals surface area (Å²) < 4.78 is 18.3. The SMILES string of the molecule is COCC(CCCl)NCc1cccc(F)c1Cl. The number of hydrogen-bond donors (Lipinski definition) is 1. The molecule has 1 N–H and O–H groups in total. The Bertz CT molecular complexity index is 343. The number of rotatable bonds is 7. The molecular formula is C12H16Cl2FNO. The second kappa shape index (κ2) is 7.88. The van der Waals surface area contributed by atoms with E-state index in [1.54, 1.807) is 19.2 Å². The molecule has 17 heavy (non-hydrogen) atoms. The molecule has 0 aliphatic rings. The molecule has 0 spiro atoms. The first-order valence-corrected chi connectivity index (χ1v) is 6.31. The Kier molecular flexibility index (Phi) is 6.82. The van der Waals surface area contributed by atoms with E-state index < -0.39 is 5.82 Å². The average molecular weight is 280 g/mol. The van der Waals surface area contributed by atoms with Crippen LogP contribution in [0, 0.1) is 5.82 Å². The number of alkyl halides is 1. The summed E-state index contributed by atoms with van der Waals surface area (Å²) in [6.45, 7) is 1.07. The third-order valence-electron chi connectivity index (χ3n) is 2.44. The van der Waals surface area contributed by atoms with Gasteiger partial charge < -0.3 is 10.1 Å². The highest BCUT2D eigenvalue weighted by Gasteiger charge is 2.10. The summed E-state index contributed by atoms with van der Waals surface area (Å²) in [7, 11) is 1.64. The number of benzene rings is 1. The molecule has 96 valence electrons. The lowest BCUT2D eigenvalue weighted by Gasteiger charge is -2.17. The number of methoxy groups -OCH3 is 1. The first-order chi connectivity index (χ1) is 8.19. The van der Waals surface area contributed by atoms with Crippen molar-refractivity contribution in [2.24, 2.45) is 0 Å². The zero-order valence-electron chi connectivity index (χ0n) is 9.68. The van der Waals surface area contributed by atoms with Crippen molar-refractivity contribution in [2.75, 3.05) is 19.6 Å².